The molecule has 2 amide bonds. The van der Waals surface area contributed by atoms with Crippen LogP contribution in [-0.4, -0.2) is 45.7 Å². The molecule has 0 radical (unpaired) electrons. The van der Waals surface area contributed by atoms with Gasteiger partial charge in [0.05, 0.1) is 5.88 Å². The van der Waals surface area contributed by atoms with Gasteiger partial charge in [-0.15, -0.1) is 11.8 Å². The maximum absolute atomic E-state index is 12.2. The van der Waals surface area contributed by atoms with Crippen LogP contribution in [0.1, 0.15) is 33.1 Å². The van der Waals surface area contributed by atoms with Crippen LogP contribution in [0.3, 0.4) is 0 Å². The zero-order valence-electron chi connectivity index (χ0n) is 11.5. The van der Waals surface area contributed by atoms with Gasteiger partial charge in [-0.2, -0.15) is 0 Å². The maximum Gasteiger partial charge on any atom is 0.327 e. The molecule has 2 fully saturated rings. The van der Waals surface area contributed by atoms with E-state index < -0.39 is 12.0 Å². The second-order valence-electron chi connectivity index (χ2n) is 5.74. The van der Waals surface area contributed by atoms with Crippen molar-refractivity contribution >= 4 is 23.8 Å². The molecule has 0 spiro atoms. The van der Waals surface area contributed by atoms with Crippen LogP contribution in [0.15, 0.2) is 0 Å². The molecular formula is C13H22N2O3S. The molecule has 1 heterocycles. The lowest BCUT2D eigenvalue weighted by Gasteiger charge is -2.33. The number of aliphatic carboxylic acids is 1. The van der Waals surface area contributed by atoms with Gasteiger partial charge in [0.15, 0.2) is 0 Å². The molecule has 2 N–H and O–H groups in total. The summed E-state index contributed by atoms with van der Waals surface area (Å²) in [5.41, 5.74) is 0. The van der Waals surface area contributed by atoms with Crippen molar-refractivity contribution in [3.63, 3.8) is 0 Å². The van der Waals surface area contributed by atoms with Crippen LogP contribution < -0.4 is 5.32 Å². The van der Waals surface area contributed by atoms with Gasteiger partial charge in [0.25, 0.3) is 0 Å². The van der Waals surface area contributed by atoms with E-state index in [-0.39, 0.29) is 12.1 Å². The Morgan fingerprint density at radius 1 is 1.26 bits per heavy atom. The van der Waals surface area contributed by atoms with Gasteiger partial charge in [-0.05, 0) is 31.1 Å². The molecule has 0 aromatic heterocycles. The van der Waals surface area contributed by atoms with Crippen molar-refractivity contribution < 1.29 is 14.7 Å². The summed E-state index contributed by atoms with van der Waals surface area (Å²) in [6, 6.07) is -0.701. The van der Waals surface area contributed by atoms with Crippen LogP contribution in [0.2, 0.25) is 0 Å². The van der Waals surface area contributed by atoms with Gasteiger partial charge in [0.2, 0.25) is 0 Å². The van der Waals surface area contributed by atoms with Crippen molar-refractivity contribution in [2.75, 3.05) is 11.6 Å². The number of urea groups is 1. The summed E-state index contributed by atoms with van der Waals surface area (Å²) >= 11 is 1.49. The Morgan fingerprint density at radius 3 is 2.63 bits per heavy atom. The third-order valence-corrected chi connectivity index (χ3v) is 5.37. The van der Waals surface area contributed by atoms with Crippen molar-refractivity contribution in [3.05, 3.63) is 0 Å². The molecule has 2 aliphatic rings. The predicted molar refractivity (Wildman–Crippen MR) is 75.1 cm³/mol. The first kappa shape index (κ1) is 14.5. The summed E-state index contributed by atoms with van der Waals surface area (Å²) in [7, 11) is 0. The van der Waals surface area contributed by atoms with Crippen LogP contribution in [0.4, 0.5) is 4.79 Å². The minimum atomic E-state index is -0.911. The quantitative estimate of drug-likeness (QED) is 0.814. The number of amides is 2. The van der Waals surface area contributed by atoms with Gasteiger partial charge in [0.1, 0.15) is 6.04 Å². The number of carbonyl (C=O) groups is 2. The first-order chi connectivity index (χ1) is 8.99. The molecule has 1 aliphatic heterocycles. The first-order valence-corrected chi connectivity index (χ1v) is 8.02. The summed E-state index contributed by atoms with van der Waals surface area (Å²) < 4.78 is 0. The highest BCUT2D eigenvalue weighted by Crippen LogP contribution is 2.29. The van der Waals surface area contributed by atoms with Crippen LogP contribution in [0, 0.1) is 11.8 Å². The summed E-state index contributed by atoms with van der Waals surface area (Å²) in [4.78, 5) is 24.7. The fourth-order valence-electron chi connectivity index (χ4n) is 2.78. The Balaban J connectivity index is 1.89. The van der Waals surface area contributed by atoms with Gasteiger partial charge in [-0.1, -0.05) is 13.8 Å². The van der Waals surface area contributed by atoms with Gasteiger partial charge >= 0.3 is 12.0 Å². The Kier molecular flexibility index (Phi) is 4.60. The van der Waals surface area contributed by atoms with E-state index in [1.54, 1.807) is 0 Å². The average Bonchev–Trinajstić information content (AvgIpc) is 2.83. The molecule has 4 unspecified atom stereocenters. The normalized spacial score (nSPS) is 35.2. The lowest BCUT2D eigenvalue weighted by Crippen LogP contribution is -2.50. The third kappa shape index (κ3) is 3.35. The summed E-state index contributed by atoms with van der Waals surface area (Å²) in [5, 5.41) is 12.1. The number of rotatable bonds is 2. The molecule has 4 atom stereocenters. The van der Waals surface area contributed by atoms with Crippen molar-refractivity contribution in [1.82, 2.24) is 10.2 Å². The summed E-state index contributed by atoms with van der Waals surface area (Å²) in [6.45, 7) is 4.47. The van der Waals surface area contributed by atoms with Crippen LogP contribution >= 0.6 is 11.8 Å². The van der Waals surface area contributed by atoms with E-state index in [4.69, 9.17) is 5.11 Å². The highest BCUT2D eigenvalue weighted by atomic mass is 32.2. The second kappa shape index (κ2) is 6.03. The fourth-order valence-corrected chi connectivity index (χ4v) is 3.93. The number of nitrogens with zero attached hydrogens (tertiary/aromatic N) is 1. The summed E-state index contributed by atoms with van der Waals surface area (Å²) in [6.07, 6.45) is 3.12. The SMILES string of the molecule is CC1CCC(NC(=O)N2CSCC2C(=O)O)CC1C. The number of nitrogens with one attached hydrogen (secondary N) is 1. The van der Waals surface area contributed by atoms with Crippen LogP contribution in [-0.2, 0) is 4.79 Å². The van der Waals surface area contributed by atoms with E-state index in [1.165, 1.54) is 16.7 Å². The number of hydrogen-bond donors (Lipinski definition) is 2. The van der Waals surface area contributed by atoms with Gasteiger partial charge in [0, 0.05) is 11.8 Å². The van der Waals surface area contributed by atoms with Crippen molar-refractivity contribution in [2.45, 2.75) is 45.2 Å². The molecule has 1 saturated carbocycles. The van der Waals surface area contributed by atoms with E-state index in [0.717, 1.165) is 19.3 Å². The second-order valence-corrected chi connectivity index (χ2v) is 6.74. The van der Waals surface area contributed by atoms with Crippen molar-refractivity contribution in [1.29, 1.82) is 0 Å². The number of hydrogen-bond acceptors (Lipinski definition) is 3. The molecule has 1 aliphatic carbocycles. The van der Waals surface area contributed by atoms with Crippen molar-refractivity contribution in [3.8, 4) is 0 Å². The molecule has 0 aromatic carbocycles. The lowest BCUT2D eigenvalue weighted by molar-refractivity contribution is -0.140. The minimum absolute atomic E-state index is 0.193. The molecule has 6 heteroatoms. The van der Waals surface area contributed by atoms with Crippen molar-refractivity contribution in [2.24, 2.45) is 11.8 Å². The Bertz CT molecular complexity index is 364. The molecule has 5 nitrogen and oxygen atoms in total. The van der Waals surface area contributed by atoms with E-state index in [9.17, 15) is 9.59 Å². The highest BCUT2D eigenvalue weighted by Gasteiger charge is 2.36. The average molecular weight is 286 g/mol. The topological polar surface area (TPSA) is 69.6 Å². The highest BCUT2D eigenvalue weighted by molar-refractivity contribution is 7.99. The molecule has 19 heavy (non-hydrogen) atoms. The molecule has 2 rings (SSSR count). The minimum Gasteiger partial charge on any atom is -0.480 e. The van der Waals surface area contributed by atoms with E-state index >= 15 is 0 Å². The Labute approximate surface area is 118 Å². The zero-order valence-corrected chi connectivity index (χ0v) is 12.3. The number of carboxylic acids is 1. The molecule has 0 bridgehead atoms. The number of thioether (sulfide) groups is 1. The Hall–Kier alpha value is -0.910. The van der Waals surface area contributed by atoms with E-state index in [1.807, 2.05) is 0 Å². The largest absolute Gasteiger partial charge is 0.480 e. The predicted octanol–water partition coefficient (Wildman–Crippen LogP) is 1.98. The lowest BCUT2D eigenvalue weighted by atomic mass is 9.79. The number of carbonyl (C=O) groups excluding carboxylic acids is 1. The van der Waals surface area contributed by atoms with Gasteiger partial charge < -0.3 is 15.3 Å². The van der Waals surface area contributed by atoms with Gasteiger partial charge in [-0.3, -0.25) is 0 Å². The molecule has 1 saturated heterocycles. The van der Waals surface area contributed by atoms with Crippen LogP contribution in [0.5, 0.6) is 0 Å². The van der Waals surface area contributed by atoms with E-state index in [2.05, 4.69) is 19.2 Å². The molecule has 0 aromatic rings. The zero-order chi connectivity index (χ0) is 14.0. The molecular weight excluding hydrogens is 264 g/mol. The maximum atomic E-state index is 12.2. The Morgan fingerprint density at radius 2 is 2.00 bits per heavy atom. The first-order valence-electron chi connectivity index (χ1n) is 6.86. The van der Waals surface area contributed by atoms with Gasteiger partial charge in [-0.25, -0.2) is 9.59 Å². The van der Waals surface area contributed by atoms with E-state index in [0.29, 0.717) is 23.5 Å². The third-order valence-electron chi connectivity index (χ3n) is 4.35. The van der Waals surface area contributed by atoms with Crippen LogP contribution in [0.25, 0.3) is 0 Å². The summed E-state index contributed by atoms with van der Waals surface area (Å²) in [5.74, 6) is 1.37. The smallest absolute Gasteiger partial charge is 0.327 e. The molecule has 108 valence electrons. The standard InChI is InChI=1S/C13H22N2O3S/c1-8-3-4-10(5-9(8)2)14-13(18)15-7-19-6-11(15)12(16)17/h8-11H,3-7H2,1-2H3,(H,14,18)(H,16,17). The monoisotopic (exact) mass is 286 g/mol. The fraction of sp³-hybridized carbons (Fsp3) is 0.846. The number of carboxylic acid groups (broad SMARTS) is 1.